The van der Waals surface area contributed by atoms with Crippen LogP contribution in [0.5, 0.6) is 5.75 Å². The van der Waals surface area contributed by atoms with Gasteiger partial charge in [0.25, 0.3) is 0 Å². The summed E-state index contributed by atoms with van der Waals surface area (Å²) in [6.07, 6.45) is -0.614. The molecule has 0 aliphatic rings. The highest BCUT2D eigenvalue weighted by Gasteiger charge is 2.19. The van der Waals surface area contributed by atoms with Crippen LogP contribution < -0.4 is 4.74 Å². The molecule has 1 aromatic rings. The Hall–Kier alpha value is -1.52. The van der Waals surface area contributed by atoms with Crippen LogP contribution in [-0.4, -0.2) is 29.0 Å². The molecule has 0 saturated carbocycles. The van der Waals surface area contributed by atoms with Crippen LogP contribution in [0, 0.1) is 13.8 Å². The van der Waals surface area contributed by atoms with E-state index < -0.39 is 12.1 Å². The summed E-state index contributed by atoms with van der Waals surface area (Å²) in [6.45, 7) is 5.38. The average Bonchev–Trinajstić information content (AvgIpc) is 2.43. The molecule has 0 radical (unpaired) electrons. The van der Waals surface area contributed by atoms with Crippen LogP contribution in [0.1, 0.15) is 18.3 Å². The van der Waals surface area contributed by atoms with Gasteiger partial charge in [-0.2, -0.15) is 5.10 Å². The van der Waals surface area contributed by atoms with E-state index in [0.29, 0.717) is 5.75 Å². The minimum atomic E-state index is -0.614. The van der Waals surface area contributed by atoms with Crippen molar-refractivity contribution in [3.63, 3.8) is 0 Å². The predicted octanol–water partition coefficient (Wildman–Crippen LogP) is 0.977. The first-order valence-electron chi connectivity index (χ1n) is 4.72. The lowest BCUT2D eigenvalue weighted by Gasteiger charge is -2.12. The SMILES string of the molecule is COC(=O)[C@@H](C)Oc1c(C)nn(C)c1C. The number of carbonyl (C=O) groups is 1. The minimum Gasteiger partial charge on any atom is -0.475 e. The Morgan fingerprint density at radius 3 is 2.47 bits per heavy atom. The number of methoxy groups -OCH3 is 1. The fraction of sp³-hybridized carbons (Fsp3) is 0.600. The van der Waals surface area contributed by atoms with Gasteiger partial charge in [0.15, 0.2) is 11.9 Å². The standard InChI is InChI=1S/C10H16N2O3/c1-6-9(7(2)12(4)11-6)15-8(3)10(13)14-5/h8H,1-5H3/t8-/m1/s1. The summed E-state index contributed by atoms with van der Waals surface area (Å²) in [7, 11) is 3.17. The Bertz CT molecular complexity index is 371. The molecule has 0 bridgehead atoms. The Morgan fingerprint density at radius 1 is 1.47 bits per heavy atom. The number of hydrogen-bond donors (Lipinski definition) is 0. The molecule has 1 rings (SSSR count). The van der Waals surface area contributed by atoms with Crippen LogP contribution in [0.4, 0.5) is 0 Å². The molecule has 0 unspecified atom stereocenters. The van der Waals surface area contributed by atoms with Crippen molar-refractivity contribution in [2.75, 3.05) is 7.11 Å². The van der Waals surface area contributed by atoms with Crippen LogP contribution in [0.3, 0.4) is 0 Å². The average molecular weight is 212 g/mol. The van der Waals surface area contributed by atoms with Crippen molar-refractivity contribution in [1.82, 2.24) is 9.78 Å². The largest absolute Gasteiger partial charge is 0.475 e. The summed E-state index contributed by atoms with van der Waals surface area (Å²) in [5.74, 6) is 0.257. The number of hydrogen-bond acceptors (Lipinski definition) is 4. The molecule has 0 aliphatic carbocycles. The van der Waals surface area contributed by atoms with Gasteiger partial charge in [-0.1, -0.05) is 0 Å². The van der Waals surface area contributed by atoms with Crippen molar-refractivity contribution in [3.05, 3.63) is 11.4 Å². The zero-order valence-electron chi connectivity index (χ0n) is 9.70. The molecule has 1 heterocycles. The zero-order valence-corrected chi connectivity index (χ0v) is 9.70. The molecule has 0 fully saturated rings. The number of esters is 1. The maximum atomic E-state index is 11.2. The summed E-state index contributed by atoms with van der Waals surface area (Å²) >= 11 is 0. The van der Waals surface area contributed by atoms with E-state index in [1.54, 1.807) is 11.6 Å². The van der Waals surface area contributed by atoms with Crippen LogP contribution in [-0.2, 0) is 16.6 Å². The predicted molar refractivity (Wildman–Crippen MR) is 54.8 cm³/mol. The Balaban J connectivity index is 2.85. The molecule has 15 heavy (non-hydrogen) atoms. The molecule has 0 aromatic carbocycles. The maximum Gasteiger partial charge on any atom is 0.346 e. The van der Waals surface area contributed by atoms with Crippen LogP contribution in [0.25, 0.3) is 0 Å². The summed E-state index contributed by atoms with van der Waals surface area (Å²) in [5.41, 5.74) is 1.66. The van der Waals surface area contributed by atoms with E-state index in [2.05, 4.69) is 9.84 Å². The summed E-state index contributed by atoms with van der Waals surface area (Å²) in [4.78, 5) is 11.2. The molecule has 1 aromatic heterocycles. The van der Waals surface area contributed by atoms with E-state index in [1.165, 1.54) is 7.11 Å². The lowest BCUT2D eigenvalue weighted by molar-refractivity contribution is -0.147. The van der Waals surface area contributed by atoms with E-state index >= 15 is 0 Å². The minimum absolute atomic E-state index is 0.391. The van der Waals surface area contributed by atoms with Crippen molar-refractivity contribution < 1.29 is 14.3 Å². The Labute approximate surface area is 89.0 Å². The monoisotopic (exact) mass is 212 g/mol. The van der Waals surface area contributed by atoms with Crippen LogP contribution in [0.15, 0.2) is 0 Å². The molecular weight excluding hydrogens is 196 g/mol. The number of aryl methyl sites for hydroxylation is 2. The topological polar surface area (TPSA) is 53.4 Å². The molecular formula is C10H16N2O3. The van der Waals surface area contributed by atoms with E-state index in [1.807, 2.05) is 20.9 Å². The second kappa shape index (κ2) is 4.33. The quantitative estimate of drug-likeness (QED) is 0.701. The van der Waals surface area contributed by atoms with Crippen molar-refractivity contribution in [2.24, 2.45) is 7.05 Å². The molecule has 84 valence electrons. The first-order valence-corrected chi connectivity index (χ1v) is 4.72. The van der Waals surface area contributed by atoms with E-state index in [9.17, 15) is 4.79 Å². The van der Waals surface area contributed by atoms with E-state index in [4.69, 9.17) is 4.74 Å². The van der Waals surface area contributed by atoms with Crippen LogP contribution >= 0.6 is 0 Å². The lowest BCUT2D eigenvalue weighted by Crippen LogP contribution is -2.25. The third kappa shape index (κ3) is 2.29. The summed E-state index contributed by atoms with van der Waals surface area (Å²) in [5, 5.41) is 4.19. The Morgan fingerprint density at radius 2 is 2.07 bits per heavy atom. The zero-order chi connectivity index (χ0) is 11.6. The first kappa shape index (κ1) is 11.6. The number of carbonyl (C=O) groups excluding carboxylic acids is 1. The number of rotatable bonds is 3. The number of aromatic nitrogens is 2. The molecule has 0 amide bonds. The maximum absolute atomic E-state index is 11.2. The van der Waals surface area contributed by atoms with Gasteiger partial charge in [0.2, 0.25) is 0 Å². The molecule has 0 aliphatic heterocycles. The lowest BCUT2D eigenvalue weighted by atomic mass is 10.3. The fourth-order valence-electron chi connectivity index (χ4n) is 1.32. The van der Waals surface area contributed by atoms with E-state index in [-0.39, 0.29) is 0 Å². The summed E-state index contributed by atoms with van der Waals surface area (Å²) in [6, 6.07) is 0. The first-order chi connectivity index (χ1) is 6.97. The van der Waals surface area contributed by atoms with Gasteiger partial charge in [-0.05, 0) is 20.8 Å². The van der Waals surface area contributed by atoms with Gasteiger partial charge in [0, 0.05) is 7.05 Å². The second-order valence-electron chi connectivity index (χ2n) is 3.41. The smallest absolute Gasteiger partial charge is 0.346 e. The highest BCUT2D eigenvalue weighted by atomic mass is 16.6. The van der Waals surface area contributed by atoms with Crippen molar-refractivity contribution in [1.29, 1.82) is 0 Å². The normalized spacial score (nSPS) is 12.3. The molecule has 0 N–H and O–H groups in total. The molecule has 0 spiro atoms. The third-order valence-corrected chi connectivity index (χ3v) is 2.27. The molecule has 5 nitrogen and oxygen atoms in total. The van der Waals surface area contributed by atoms with Crippen molar-refractivity contribution >= 4 is 5.97 Å². The molecule has 0 saturated heterocycles. The van der Waals surface area contributed by atoms with Gasteiger partial charge >= 0.3 is 5.97 Å². The van der Waals surface area contributed by atoms with Gasteiger partial charge in [-0.25, -0.2) is 4.79 Å². The van der Waals surface area contributed by atoms with E-state index in [0.717, 1.165) is 11.4 Å². The molecule has 5 heteroatoms. The third-order valence-electron chi connectivity index (χ3n) is 2.27. The highest BCUT2D eigenvalue weighted by Crippen LogP contribution is 2.22. The van der Waals surface area contributed by atoms with Gasteiger partial charge < -0.3 is 9.47 Å². The number of ether oxygens (including phenoxy) is 2. The van der Waals surface area contributed by atoms with Crippen molar-refractivity contribution in [3.8, 4) is 5.75 Å². The highest BCUT2D eigenvalue weighted by molar-refractivity contribution is 5.74. The molecule has 1 atom stereocenters. The van der Waals surface area contributed by atoms with Gasteiger partial charge in [0.1, 0.15) is 5.69 Å². The van der Waals surface area contributed by atoms with Crippen molar-refractivity contribution in [2.45, 2.75) is 26.9 Å². The summed E-state index contributed by atoms with van der Waals surface area (Å²) < 4.78 is 11.8. The van der Waals surface area contributed by atoms with Gasteiger partial charge in [0.05, 0.1) is 12.8 Å². The second-order valence-corrected chi connectivity index (χ2v) is 3.41. The fourth-order valence-corrected chi connectivity index (χ4v) is 1.32. The van der Waals surface area contributed by atoms with Gasteiger partial charge in [-0.15, -0.1) is 0 Å². The Kier molecular flexibility index (Phi) is 3.34. The number of nitrogens with zero attached hydrogens (tertiary/aromatic N) is 2. The van der Waals surface area contributed by atoms with Gasteiger partial charge in [-0.3, -0.25) is 4.68 Å². The van der Waals surface area contributed by atoms with Crippen LogP contribution in [0.2, 0.25) is 0 Å².